The van der Waals surface area contributed by atoms with Crippen LogP contribution in [0.15, 0.2) is 46.9 Å². The highest BCUT2D eigenvalue weighted by Crippen LogP contribution is 2.32. The lowest BCUT2D eigenvalue weighted by atomic mass is 10.2. The molecular formula is C18H18BrNO4S. The zero-order valence-electron chi connectivity index (χ0n) is 13.5. The lowest BCUT2D eigenvalue weighted by Crippen LogP contribution is -2.17. The van der Waals surface area contributed by atoms with Gasteiger partial charge >= 0.3 is 0 Å². The Bertz CT molecular complexity index is 724. The second kappa shape index (κ2) is 9.01. The molecule has 0 fully saturated rings. The van der Waals surface area contributed by atoms with Gasteiger partial charge in [0.05, 0.1) is 12.4 Å². The molecule has 1 N–H and O–H groups in total. The number of fused-ring (bicyclic) bond motifs is 1. The first kappa shape index (κ1) is 17.9. The van der Waals surface area contributed by atoms with Crippen molar-refractivity contribution < 1.29 is 19.0 Å². The maximum atomic E-state index is 12.0. The van der Waals surface area contributed by atoms with Crippen molar-refractivity contribution in [2.24, 2.45) is 0 Å². The topological polar surface area (TPSA) is 56.8 Å². The summed E-state index contributed by atoms with van der Waals surface area (Å²) in [7, 11) is 0. The van der Waals surface area contributed by atoms with E-state index in [4.69, 9.17) is 14.2 Å². The molecule has 1 aliphatic heterocycles. The summed E-state index contributed by atoms with van der Waals surface area (Å²) in [5.41, 5.74) is 0.709. The van der Waals surface area contributed by atoms with Crippen molar-refractivity contribution in [2.45, 2.75) is 0 Å². The van der Waals surface area contributed by atoms with Crippen molar-refractivity contribution in [2.75, 3.05) is 36.6 Å². The fourth-order valence-electron chi connectivity index (χ4n) is 2.23. The van der Waals surface area contributed by atoms with Crippen LogP contribution in [0.2, 0.25) is 0 Å². The van der Waals surface area contributed by atoms with Crippen LogP contribution in [0.3, 0.4) is 0 Å². The van der Waals surface area contributed by atoms with Gasteiger partial charge in [0.1, 0.15) is 19.0 Å². The smallest absolute Gasteiger partial charge is 0.234 e. The molecule has 0 aromatic heterocycles. The first-order valence-corrected chi connectivity index (χ1v) is 9.81. The van der Waals surface area contributed by atoms with Crippen LogP contribution in [-0.4, -0.2) is 37.2 Å². The molecule has 0 spiro atoms. The summed E-state index contributed by atoms with van der Waals surface area (Å²) < 4.78 is 17.6. The van der Waals surface area contributed by atoms with Gasteiger partial charge < -0.3 is 19.5 Å². The van der Waals surface area contributed by atoms with Crippen molar-refractivity contribution in [1.82, 2.24) is 0 Å². The van der Waals surface area contributed by atoms with Crippen LogP contribution in [0.1, 0.15) is 0 Å². The summed E-state index contributed by atoms with van der Waals surface area (Å²) in [6.45, 7) is 1.64. The molecule has 0 unspecified atom stereocenters. The molecule has 0 radical (unpaired) electrons. The van der Waals surface area contributed by atoms with Crippen molar-refractivity contribution >= 4 is 39.3 Å². The highest BCUT2D eigenvalue weighted by atomic mass is 79.9. The molecule has 1 amide bonds. The number of anilines is 1. The predicted molar refractivity (Wildman–Crippen MR) is 103 cm³/mol. The Morgan fingerprint density at radius 2 is 1.88 bits per heavy atom. The molecular weight excluding hydrogens is 406 g/mol. The zero-order valence-corrected chi connectivity index (χ0v) is 15.9. The molecule has 25 heavy (non-hydrogen) atoms. The molecule has 0 saturated heterocycles. The van der Waals surface area contributed by atoms with Crippen molar-refractivity contribution in [1.29, 1.82) is 0 Å². The number of benzene rings is 2. The van der Waals surface area contributed by atoms with Gasteiger partial charge in [-0.2, -0.15) is 0 Å². The molecule has 0 bridgehead atoms. The number of carbonyl (C=O) groups is 1. The minimum atomic E-state index is -0.0506. The molecule has 132 valence electrons. The fraction of sp³-hybridized carbons (Fsp3) is 0.278. The number of nitrogens with one attached hydrogen (secondary N) is 1. The van der Waals surface area contributed by atoms with Crippen LogP contribution in [0.5, 0.6) is 17.2 Å². The highest BCUT2D eigenvalue weighted by Gasteiger charge is 2.12. The predicted octanol–water partition coefficient (Wildman–Crippen LogP) is 3.97. The summed E-state index contributed by atoms with van der Waals surface area (Å²) in [5, 5.41) is 2.87. The maximum absolute atomic E-state index is 12.0. The average molecular weight is 424 g/mol. The summed E-state index contributed by atoms with van der Waals surface area (Å²) in [6.07, 6.45) is 0. The van der Waals surface area contributed by atoms with Gasteiger partial charge in [0, 0.05) is 22.0 Å². The van der Waals surface area contributed by atoms with Gasteiger partial charge in [-0.25, -0.2) is 0 Å². The standard InChI is InChI=1S/C18H18BrNO4S/c19-13-1-4-15(5-2-13)22-9-10-25-12-18(21)20-14-3-6-16-17(11-14)24-8-7-23-16/h1-6,11H,7-10,12H2,(H,20,21). The summed E-state index contributed by atoms with van der Waals surface area (Å²) in [4.78, 5) is 12.0. The van der Waals surface area contributed by atoms with Crippen molar-refractivity contribution in [3.05, 3.63) is 46.9 Å². The van der Waals surface area contributed by atoms with E-state index in [9.17, 15) is 4.79 Å². The van der Waals surface area contributed by atoms with Crippen LogP contribution < -0.4 is 19.5 Å². The van der Waals surface area contributed by atoms with Crippen LogP contribution in [0, 0.1) is 0 Å². The molecule has 3 rings (SSSR count). The first-order valence-electron chi connectivity index (χ1n) is 7.86. The second-order valence-electron chi connectivity index (χ2n) is 5.26. The largest absolute Gasteiger partial charge is 0.493 e. The van der Waals surface area contributed by atoms with Crippen LogP contribution >= 0.6 is 27.7 Å². The molecule has 5 nitrogen and oxygen atoms in total. The molecule has 2 aromatic carbocycles. The molecule has 0 aliphatic carbocycles. The van der Waals surface area contributed by atoms with Gasteiger partial charge in [-0.05, 0) is 36.4 Å². The molecule has 0 atom stereocenters. The highest BCUT2D eigenvalue weighted by molar-refractivity contribution is 9.10. The normalized spacial score (nSPS) is 12.5. The lowest BCUT2D eigenvalue weighted by molar-refractivity contribution is -0.113. The van der Waals surface area contributed by atoms with Gasteiger partial charge in [0.15, 0.2) is 11.5 Å². The first-order chi connectivity index (χ1) is 12.2. The van der Waals surface area contributed by atoms with Crippen LogP contribution in [0.4, 0.5) is 5.69 Å². The second-order valence-corrected chi connectivity index (χ2v) is 7.28. The number of ether oxygens (including phenoxy) is 3. The van der Waals surface area contributed by atoms with E-state index in [0.717, 1.165) is 16.0 Å². The molecule has 1 heterocycles. The third-order valence-corrected chi connectivity index (χ3v) is 4.82. The number of hydrogen-bond donors (Lipinski definition) is 1. The van der Waals surface area contributed by atoms with E-state index >= 15 is 0 Å². The summed E-state index contributed by atoms with van der Waals surface area (Å²) in [5.74, 6) is 3.26. The van der Waals surface area contributed by atoms with Crippen molar-refractivity contribution in [3.8, 4) is 17.2 Å². The molecule has 0 saturated carbocycles. The van der Waals surface area contributed by atoms with Gasteiger partial charge in [0.25, 0.3) is 0 Å². The number of halogens is 1. The average Bonchev–Trinajstić information content (AvgIpc) is 2.63. The number of thioether (sulfide) groups is 1. The minimum absolute atomic E-state index is 0.0506. The van der Waals surface area contributed by atoms with Gasteiger partial charge in [-0.15, -0.1) is 11.8 Å². The van der Waals surface area contributed by atoms with Crippen molar-refractivity contribution in [3.63, 3.8) is 0 Å². The third-order valence-electron chi connectivity index (χ3n) is 3.37. The Balaban J connectivity index is 1.36. The maximum Gasteiger partial charge on any atom is 0.234 e. The molecule has 1 aliphatic rings. The third kappa shape index (κ3) is 5.57. The van der Waals surface area contributed by atoms with Gasteiger partial charge in [0.2, 0.25) is 5.91 Å². The number of rotatable bonds is 7. The summed E-state index contributed by atoms with van der Waals surface area (Å²) in [6, 6.07) is 13.1. The van der Waals surface area contributed by atoms with E-state index in [1.54, 1.807) is 6.07 Å². The van der Waals surface area contributed by atoms with Gasteiger partial charge in [-0.1, -0.05) is 15.9 Å². The van der Waals surface area contributed by atoms with E-state index in [1.165, 1.54) is 11.8 Å². The van der Waals surface area contributed by atoms with Crippen LogP contribution in [0.25, 0.3) is 0 Å². The summed E-state index contributed by atoms with van der Waals surface area (Å²) >= 11 is 4.91. The van der Waals surface area contributed by atoms with E-state index in [0.29, 0.717) is 42.8 Å². The molecule has 7 heteroatoms. The van der Waals surface area contributed by atoms with Gasteiger partial charge in [-0.3, -0.25) is 4.79 Å². The van der Waals surface area contributed by atoms with Crippen LogP contribution in [-0.2, 0) is 4.79 Å². The Morgan fingerprint density at radius 1 is 1.12 bits per heavy atom. The van der Waals surface area contributed by atoms with E-state index in [1.807, 2.05) is 36.4 Å². The van der Waals surface area contributed by atoms with E-state index in [2.05, 4.69) is 21.2 Å². The Hall–Kier alpha value is -1.86. The number of carbonyl (C=O) groups excluding carboxylic acids is 1. The van der Waals surface area contributed by atoms with E-state index in [-0.39, 0.29) is 5.91 Å². The number of amides is 1. The zero-order chi connectivity index (χ0) is 17.5. The number of hydrogen-bond acceptors (Lipinski definition) is 5. The Labute approximate surface area is 159 Å². The lowest BCUT2D eigenvalue weighted by Gasteiger charge is -2.19. The Kier molecular flexibility index (Phi) is 6.47. The molecule has 2 aromatic rings. The quantitative estimate of drug-likeness (QED) is 0.682. The minimum Gasteiger partial charge on any atom is -0.493 e. The monoisotopic (exact) mass is 423 g/mol. The van der Waals surface area contributed by atoms with E-state index < -0.39 is 0 Å². The Morgan fingerprint density at radius 3 is 2.68 bits per heavy atom. The SMILES string of the molecule is O=C(CSCCOc1ccc(Br)cc1)Nc1ccc2c(c1)OCCO2. The fourth-order valence-corrected chi connectivity index (χ4v) is 3.10.